The second-order valence-electron chi connectivity index (χ2n) is 15.8. The molecular weight excluding hydrogens is 559 g/mol. The van der Waals surface area contributed by atoms with Gasteiger partial charge in [0.2, 0.25) is 5.90 Å². The summed E-state index contributed by atoms with van der Waals surface area (Å²) < 4.78 is 34.6. The van der Waals surface area contributed by atoms with Crippen molar-refractivity contribution in [2.75, 3.05) is 6.61 Å². The SMILES string of the molecule is CC(C)(C)[Si](C)(C)OC[C@H]1O[C@@H]2N=C(c3cccs3)O[C@@H]2[C@@H](O[Si](C)(C)C(C)(C)C)[C@@H]1O[Si](C)(C)C(C)(C)C. The molecule has 39 heavy (non-hydrogen) atoms. The molecule has 0 radical (unpaired) electrons. The molecule has 2 aliphatic rings. The van der Waals surface area contributed by atoms with Crippen LogP contribution >= 0.6 is 11.3 Å². The number of fused-ring (bicyclic) bond motifs is 1. The molecule has 0 unspecified atom stereocenters. The summed E-state index contributed by atoms with van der Waals surface area (Å²) in [5, 5.41) is 2.21. The minimum absolute atomic E-state index is 0.0331. The Hall–Kier alpha value is -0.339. The highest BCUT2D eigenvalue weighted by Crippen LogP contribution is 2.45. The first-order valence-electron chi connectivity index (χ1n) is 14.4. The van der Waals surface area contributed by atoms with Crippen molar-refractivity contribution in [3.05, 3.63) is 22.4 Å². The van der Waals surface area contributed by atoms with Crippen LogP contribution in [0.5, 0.6) is 0 Å². The summed E-state index contributed by atoms with van der Waals surface area (Å²) in [6.45, 7) is 34.7. The lowest BCUT2D eigenvalue weighted by atomic mass is 9.99. The van der Waals surface area contributed by atoms with Crippen LogP contribution in [0, 0.1) is 0 Å². The van der Waals surface area contributed by atoms with E-state index < -0.39 is 31.2 Å². The lowest BCUT2D eigenvalue weighted by molar-refractivity contribution is -0.204. The summed E-state index contributed by atoms with van der Waals surface area (Å²) in [6.07, 6.45) is -1.75. The van der Waals surface area contributed by atoms with Gasteiger partial charge in [-0.3, -0.25) is 0 Å². The first kappa shape index (κ1) is 33.2. The monoisotopic (exact) mass is 613 g/mol. The molecule has 3 rings (SSSR count). The van der Waals surface area contributed by atoms with Crippen molar-refractivity contribution in [2.24, 2.45) is 4.99 Å². The van der Waals surface area contributed by atoms with Gasteiger partial charge in [-0.25, -0.2) is 4.99 Å². The molecule has 5 atom stereocenters. The van der Waals surface area contributed by atoms with Crippen LogP contribution in [-0.2, 0) is 22.8 Å². The molecule has 224 valence electrons. The van der Waals surface area contributed by atoms with Gasteiger partial charge >= 0.3 is 0 Å². The molecule has 0 aromatic carbocycles. The highest BCUT2D eigenvalue weighted by atomic mass is 32.1. The molecule has 10 heteroatoms. The maximum atomic E-state index is 7.24. The predicted molar refractivity (Wildman–Crippen MR) is 172 cm³/mol. The Labute approximate surface area is 245 Å². The summed E-state index contributed by atoms with van der Waals surface area (Å²) >= 11 is 1.63. The Balaban J connectivity index is 2.06. The molecule has 0 amide bonds. The number of aliphatic imine (C=N–C) groups is 1. The van der Waals surface area contributed by atoms with Crippen LogP contribution < -0.4 is 0 Å². The Morgan fingerprint density at radius 1 is 0.795 bits per heavy atom. The first-order chi connectivity index (χ1) is 17.5. The van der Waals surface area contributed by atoms with Crippen molar-refractivity contribution in [1.82, 2.24) is 0 Å². The molecule has 3 heterocycles. The van der Waals surface area contributed by atoms with Crippen molar-refractivity contribution in [1.29, 1.82) is 0 Å². The van der Waals surface area contributed by atoms with Gasteiger partial charge in [-0.15, -0.1) is 11.3 Å². The van der Waals surface area contributed by atoms with Crippen LogP contribution in [0.1, 0.15) is 67.2 Å². The van der Waals surface area contributed by atoms with E-state index in [1.807, 2.05) is 17.5 Å². The largest absolute Gasteiger partial charge is 0.466 e. The molecule has 1 aromatic heterocycles. The fourth-order valence-electron chi connectivity index (χ4n) is 3.87. The molecule has 1 aromatic rings. The molecule has 0 N–H and O–H groups in total. The van der Waals surface area contributed by atoms with Gasteiger partial charge in [0.15, 0.2) is 37.3 Å². The molecule has 0 aliphatic carbocycles. The fourth-order valence-corrected chi connectivity index (χ4v) is 8.17. The van der Waals surface area contributed by atoms with Gasteiger partial charge in [-0.2, -0.15) is 0 Å². The van der Waals surface area contributed by atoms with Crippen molar-refractivity contribution in [2.45, 2.75) is 147 Å². The first-order valence-corrected chi connectivity index (χ1v) is 24.0. The van der Waals surface area contributed by atoms with Crippen LogP contribution in [0.3, 0.4) is 0 Å². The normalized spacial score (nSPS) is 27.3. The second-order valence-corrected chi connectivity index (χ2v) is 31.1. The zero-order valence-electron chi connectivity index (χ0n) is 27.2. The number of thiophene rings is 1. The van der Waals surface area contributed by atoms with E-state index in [9.17, 15) is 0 Å². The highest BCUT2D eigenvalue weighted by Gasteiger charge is 2.57. The van der Waals surface area contributed by atoms with Crippen LogP contribution in [0.15, 0.2) is 22.5 Å². The third-order valence-electron chi connectivity index (χ3n) is 9.72. The Morgan fingerprint density at radius 2 is 1.31 bits per heavy atom. The molecule has 0 saturated carbocycles. The summed E-state index contributed by atoms with van der Waals surface area (Å²) in [5.41, 5.74) is 0. The molecule has 6 nitrogen and oxygen atoms in total. The van der Waals surface area contributed by atoms with Crippen LogP contribution in [-0.4, -0.2) is 68.1 Å². The standard InChI is InChI=1S/C29H55NO5SSi3/c1-27(2,3)37(10,11)31-19-20-22(34-38(12,13)28(4,5)6)23(35-39(14,15)29(7,8)9)24-26(32-20)30-25(33-24)21-17-16-18-36-21/h16-18,20,22-24,26H,19H2,1-15H3/t20-,22-,23+,24-,26+/m1/s1. The Morgan fingerprint density at radius 3 is 1.77 bits per heavy atom. The number of rotatable bonds is 8. The fraction of sp³-hybridized carbons (Fsp3) is 0.828. The quantitative estimate of drug-likeness (QED) is 0.276. The van der Waals surface area contributed by atoms with E-state index in [0.29, 0.717) is 12.5 Å². The molecule has 0 spiro atoms. The predicted octanol–water partition coefficient (Wildman–Crippen LogP) is 8.42. The Bertz CT molecular complexity index is 1010. The maximum absolute atomic E-state index is 7.24. The van der Waals surface area contributed by atoms with Gasteiger partial charge in [-0.1, -0.05) is 68.4 Å². The van der Waals surface area contributed by atoms with E-state index in [1.165, 1.54) is 0 Å². The zero-order valence-corrected chi connectivity index (χ0v) is 31.0. The summed E-state index contributed by atoms with van der Waals surface area (Å²) in [4.78, 5) is 5.96. The average Bonchev–Trinajstić information content (AvgIpc) is 3.41. The topological polar surface area (TPSA) is 58.5 Å². The van der Waals surface area contributed by atoms with E-state index in [2.05, 4.69) is 102 Å². The zero-order chi connectivity index (χ0) is 29.8. The third kappa shape index (κ3) is 7.18. The van der Waals surface area contributed by atoms with E-state index in [4.69, 9.17) is 27.7 Å². The van der Waals surface area contributed by atoms with Crippen LogP contribution in [0.4, 0.5) is 0 Å². The van der Waals surface area contributed by atoms with Gasteiger partial charge in [0.05, 0.1) is 11.5 Å². The Kier molecular flexibility index (Phi) is 9.40. The van der Waals surface area contributed by atoms with Crippen molar-refractivity contribution in [3.8, 4) is 0 Å². The number of ether oxygens (including phenoxy) is 2. The molecule has 2 aliphatic heterocycles. The van der Waals surface area contributed by atoms with Gasteiger partial charge in [0.25, 0.3) is 0 Å². The van der Waals surface area contributed by atoms with Crippen molar-refractivity contribution in [3.63, 3.8) is 0 Å². The van der Waals surface area contributed by atoms with Crippen molar-refractivity contribution < 1.29 is 22.8 Å². The van der Waals surface area contributed by atoms with Crippen molar-refractivity contribution >= 4 is 42.2 Å². The van der Waals surface area contributed by atoms with E-state index >= 15 is 0 Å². The second kappa shape index (κ2) is 11.1. The highest BCUT2D eigenvalue weighted by molar-refractivity contribution is 7.12. The van der Waals surface area contributed by atoms with E-state index in [-0.39, 0.29) is 39.5 Å². The minimum atomic E-state index is -2.20. The summed E-state index contributed by atoms with van der Waals surface area (Å²) in [6, 6.07) is 4.07. The molecular formula is C29H55NO5SSi3. The van der Waals surface area contributed by atoms with Gasteiger partial charge < -0.3 is 22.8 Å². The third-order valence-corrected chi connectivity index (χ3v) is 24.0. The van der Waals surface area contributed by atoms with Gasteiger partial charge in [0.1, 0.15) is 18.3 Å². The minimum Gasteiger partial charge on any atom is -0.466 e. The average molecular weight is 614 g/mol. The van der Waals surface area contributed by atoms with Crippen LogP contribution in [0.25, 0.3) is 0 Å². The van der Waals surface area contributed by atoms with Crippen LogP contribution in [0.2, 0.25) is 54.4 Å². The van der Waals surface area contributed by atoms with E-state index in [0.717, 1.165) is 4.88 Å². The molecule has 1 saturated heterocycles. The lowest BCUT2D eigenvalue weighted by Gasteiger charge is -2.51. The summed E-state index contributed by atoms with van der Waals surface area (Å²) in [5.74, 6) is 0.640. The number of hydrogen-bond donors (Lipinski definition) is 0. The molecule has 0 bridgehead atoms. The number of hydrogen-bond acceptors (Lipinski definition) is 7. The van der Waals surface area contributed by atoms with E-state index in [1.54, 1.807) is 11.3 Å². The smallest absolute Gasteiger partial charge is 0.229 e. The summed E-state index contributed by atoms with van der Waals surface area (Å²) in [7, 11) is -6.43. The maximum Gasteiger partial charge on any atom is 0.229 e. The lowest BCUT2D eigenvalue weighted by Crippen LogP contribution is -2.65. The molecule has 1 fully saturated rings. The van der Waals surface area contributed by atoms with Gasteiger partial charge in [0, 0.05) is 0 Å². The van der Waals surface area contributed by atoms with Gasteiger partial charge in [-0.05, 0) is 65.8 Å². The number of nitrogens with zero attached hydrogens (tertiary/aromatic N) is 1.